The molecule has 0 bridgehead atoms. The molecule has 46 heavy (non-hydrogen) atoms. The van der Waals surface area contributed by atoms with Crippen molar-refractivity contribution in [2.24, 2.45) is 11.7 Å². The van der Waals surface area contributed by atoms with Crippen molar-refractivity contribution in [3.05, 3.63) is 29.8 Å². The third-order valence-corrected chi connectivity index (χ3v) is 7.65. The third kappa shape index (κ3) is 19.6. The van der Waals surface area contributed by atoms with E-state index in [-0.39, 0.29) is 128 Å². The zero-order valence-electron chi connectivity index (χ0n) is 27.0. The predicted octanol–water partition coefficient (Wildman–Crippen LogP) is -8.53. The van der Waals surface area contributed by atoms with Crippen LogP contribution < -0.4 is 144 Å². The van der Waals surface area contributed by atoms with E-state index in [1.807, 2.05) is 0 Å². The van der Waals surface area contributed by atoms with Crippen LogP contribution in [0.15, 0.2) is 24.3 Å². The van der Waals surface area contributed by atoms with Crippen LogP contribution in [0.5, 0.6) is 5.75 Å². The number of amides is 3. The number of carbonyl (C=O) groups excluding carboxylic acids is 5. The molecule has 1 aromatic rings. The minimum atomic E-state index is -4.34. The number of nitrogens with one attached hydrogen (secondary N) is 4. The van der Waals surface area contributed by atoms with Crippen LogP contribution in [0.25, 0.3) is 0 Å². The van der Waals surface area contributed by atoms with Gasteiger partial charge in [-0.25, -0.2) is 9.65 Å². The molecule has 0 saturated carbocycles. The Morgan fingerprint density at radius 2 is 1.61 bits per heavy atom. The molecular weight excluding hydrogens is 679 g/mol. The molecule has 0 aromatic heterocycles. The Kier molecular flexibility index (Phi) is 26.7. The largest absolute Gasteiger partial charge is 1.00 e. The Bertz CT molecular complexity index is 1160. The van der Waals surface area contributed by atoms with Gasteiger partial charge in [0.1, 0.15) is 11.8 Å². The Labute approximate surface area is 353 Å². The summed E-state index contributed by atoms with van der Waals surface area (Å²) in [7, 11) is -4.34. The summed E-state index contributed by atoms with van der Waals surface area (Å²) in [6.07, 6.45) is 1.57. The quantitative estimate of drug-likeness (QED) is 0.0370. The van der Waals surface area contributed by atoms with Crippen LogP contribution in [0.3, 0.4) is 0 Å². The number of nitrogens with two attached hydrogens (primary N) is 1. The van der Waals surface area contributed by atoms with Crippen molar-refractivity contribution >= 4 is 37.4 Å². The van der Waals surface area contributed by atoms with Crippen LogP contribution in [0.1, 0.15) is 52.0 Å². The van der Waals surface area contributed by atoms with Gasteiger partial charge in [0.25, 0.3) is 5.91 Å². The molecule has 5 atom stereocenters. The van der Waals surface area contributed by atoms with Gasteiger partial charge in [-0.3, -0.25) is 18.9 Å². The molecule has 19 heteroatoms. The van der Waals surface area contributed by atoms with E-state index in [4.69, 9.17) is 15.0 Å². The van der Waals surface area contributed by atoms with Crippen molar-refractivity contribution in [1.29, 1.82) is 0 Å². The van der Waals surface area contributed by atoms with E-state index in [9.17, 15) is 43.6 Å². The summed E-state index contributed by atoms with van der Waals surface area (Å²) in [4.78, 5) is 70.4. The Hall–Kier alpha value is -0.287. The molecule has 0 spiro atoms. The molecule has 0 fully saturated rings. The summed E-state index contributed by atoms with van der Waals surface area (Å²) < 4.78 is 22.5. The van der Waals surface area contributed by atoms with Crippen LogP contribution >= 0.6 is 7.75 Å². The van der Waals surface area contributed by atoms with E-state index in [1.54, 1.807) is 13.8 Å². The second-order valence-corrected chi connectivity index (χ2v) is 11.5. The van der Waals surface area contributed by atoms with Gasteiger partial charge in [0, 0.05) is 6.42 Å². The average Bonchev–Trinajstić information content (AvgIpc) is 2.96. The van der Waals surface area contributed by atoms with Gasteiger partial charge in [-0.15, -0.1) is 0 Å². The molecule has 7 N–H and O–H groups in total. The molecule has 16 nitrogen and oxygen atoms in total. The summed E-state index contributed by atoms with van der Waals surface area (Å²) in [6.45, 7) is 3.93. The SMILES string of the molecule is CCOP(=O)(O)N[C@H](C(=O)NC(Cc1ccc(OCC(=O)NC(CCCCN)C(=O)[O-])cc1)C(=O)NCC(=O)[O-])[C@@H](C)CC.[K+].[K+]. The van der Waals surface area contributed by atoms with Crippen molar-refractivity contribution in [2.75, 3.05) is 26.3 Å². The van der Waals surface area contributed by atoms with E-state index in [0.29, 0.717) is 31.4 Å². The molecule has 0 radical (unpaired) electrons. The van der Waals surface area contributed by atoms with Crippen LogP contribution in [0.2, 0.25) is 0 Å². The molecule has 1 rings (SSSR count). The molecule has 3 unspecified atom stereocenters. The van der Waals surface area contributed by atoms with E-state index in [1.165, 1.54) is 31.2 Å². The number of hydrogen-bond acceptors (Lipinski definition) is 11. The van der Waals surface area contributed by atoms with Crippen molar-refractivity contribution in [3.8, 4) is 5.75 Å². The average molecular weight is 722 g/mol. The molecule has 0 aliphatic rings. The fourth-order valence-electron chi connectivity index (χ4n) is 3.91. The molecule has 3 amide bonds. The minimum absolute atomic E-state index is 0. The van der Waals surface area contributed by atoms with E-state index in [0.717, 1.165) is 0 Å². The number of aliphatic carboxylic acids is 2. The number of unbranched alkanes of at least 4 members (excludes halogenated alkanes) is 1. The maximum absolute atomic E-state index is 13.2. The molecule has 0 saturated heterocycles. The van der Waals surface area contributed by atoms with Gasteiger partial charge in [-0.2, -0.15) is 0 Å². The summed E-state index contributed by atoms with van der Waals surface area (Å²) in [6, 6.07) is 2.33. The molecule has 1 aromatic carbocycles. The summed E-state index contributed by atoms with van der Waals surface area (Å²) in [5, 5.41) is 31.5. The standard InChI is InChI=1S/C27H44N5O11P.2K/c1-4-17(3)24(32-44(40,41)43-5-2)26(37)31-21(25(36)29-15-23(34)35)14-18-9-11-19(12-10-18)42-16-22(33)30-20(27(38)39)8-6-7-13-28;;/h9-12,17,20-21,24H,4-8,13-16,28H2,1-3H3,(H,29,36)(H,30,33)(H,31,37)(H,34,35)(H,38,39)(H2,32,40,41);;/q;2*+1/p-2/t17-,20?,21?,24-;;/m0../s1. The maximum Gasteiger partial charge on any atom is 1.00 e. The van der Waals surface area contributed by atoms with Crippen LogP contribution in [0.4, 0.5) is 0 Å². The van der Waals surface area contributed by atoms with Crippen LogP contribution in [-0.2, 0) is 39.5 Å². The maximum atomic E-state index is 13.2. The van der Waals surface area contributed by atoms with E-state index in [2.05, 4.69) is 21.0 Å². The van der Waals surface area contributed by atoms with Gasteiger partial charge in [0.15, 0.2) is 6.61 Å². The summed E-state index contributed by atoms with van der Waals surface area (Å²) in [5.41, 5.74) is 5.90. The first-order valence-corrected chi connectivity index (χ1v) is 15.8. The van der Waals surface area contributed by atoms with Gasteiger partial charge in [0.2, 0.25) is 11.8 Å². The van der Waals surface area contributed by atoms with Crippen molar-refractivity contribution < 1.29 is 156 Å². The second-order valence-electron chi connectivity index (χ2n) is 9.94. The number of carboxylic acids is 2. The number of benzene rings is 1. The van der Waals surface area contributed by atoms with Gasteiger partial charge < -0.3 is 51.1 Å². The Morgan fingerprint density at radius 1 is 0.978 bits per heavy atom. The van der Waals surface area contributed by atoms with Gasteiger partial charge in [0.05, 0.1) is 37.2 Å². The van der Waals surface area contributed by atoms with Crippen LogP contribution in [0, 0.1) is 5.92 Å². The zero-order chi connectivity index (χ0) is 33.3. The smallest absolute Gasteiger partial charge is 0.548 e. The molecule has 0 aliphatic carbocycles. The Morgan fingerprint density at radius 3 is 2.13 bits per heavy atom. The van der Waals surface area contributed by atoms with E-state index >= 15 is 0 Å². The topological polar surface area (TPSA) is 261 Å². The fourth-order valence-corrected chi connectivity index (χ4v) is 5.05. The van der Waals surface area contributed by atoms with Crippen molar-refractivity contribution in [2.45, 2.75) is 71.0 Å². The van der Waals surface area contributed by atoms with Crippen LogP contribution in [-0.4, -0.2) is 79.0 Å². The number of hydrogen-bond donors (Lipinski definition) is 6. The Balaban J connectivity index is 0. The summed E-state index contributed by atoms with van der Waals surface area (Å²) >= 11 is 0. The molecule has 248 valence electrons. The second kappa shape index (κ2) is 25.7. The summed E-state index contributed by atoms with van der Waals surface area (Å²) in [5.74, 6) is -5.48. The predicted molar refractivity (Wildman–Crippen MR) is 153 cm³/mol. The molecule has 0 aliphatic heterocycles. The van der Waals surface area contributed by atoms with Gasteiger partial charge in [-0.05, 0) is 56.3 Å². The van der Waals surface area contributed by atoms with Gasteiger partial charge in [-0.1, -0.05) is 32.4 Å². The monoisotopic (exact) mass is 721 g/mol. The first kappa shape index (κ1) is 47.8. The number of carbonyl (C=O) groups is 5. The first-order chi connectivity index (χ1) is 20.7. The van der Waals surface area contributed by atoms with Crippen molar-refractivity contribution in [1.82, 2.24) is 21.0 Å². The van der Waals surface area contributed by atoms with Gasteiger partial charge >= 0.3 is 111 Å². The molecule has 0 heterocycles. The van der Waals surface area contributed by atoms with Crippen molar-refractivity contribution in [3.63, 3.8) is 0 Å². The molecular formula is C27H42K2N5O11P. The zero-order valence-corrected chi connectivity index (χ0v) is 34.2. The first-order valence-electron chi connectivity index (χ1n) is 14.2. The number of carboxylic acid groups (broad SMARTS) is 2. The normalized spacial score (nSPS) is 14.5. The van der Waals surface area contributed by atoms with E-state index < -0.39 is 74.6 Å². The number of ether oxygens (including phenoxy) is 1. The minimum Gasteiger partial charge on any atom is -0.548 e. The number of rotatable bonds is 22. The third-order valence-electron chi connectivity index (χ3n) is 6.44. The fraction of sp³-hybridized carbons (Fsp3) is 0.593.